The second-order valence-corrected chi connectivity index (χ2v) is 8.94. The molecule has 0 unspecified atom stereocenters. The molecule has 1 saturated carbocycles. The van der Waals surface area contributed by atoms with Crippen LogP contribution < -0.4 is 10.6 Å². The third kappa shape index (κ3) is 4.83. The van der Waals surface area contributed by atoms with Crippen LogP contribution in [0, 0.1) is 17.8 Å². The standard InChI is InChI=1S/C20H33N5O3/c1-20(2,3)25-17-10-8-14-13(7-9-16(17)23-24-25)15(14)12-28-19(27)22-11-5-6-18(26)21-4/h13-15H,5-12H2,1-4H3,(H,21,26)(H,22,27)/t13-,14+,15-/m1/s1. The smallest absolute Gasteiger partial charge is 0.407 e. The molecule has 0 spiro atoms. The van der Waals surface area contributed by atoms with Crippen LogP contribution in [0.5, 0.6) is 0 Å². The van der Waals surface area contributed by atoms with Gasteiger partial charge in [0.2, 0.25) is 5.91 Å². The summed E-state index contributed by atoms with van der Waals surface area (Å²) in [7, 11) is 1.61. The van der Waals surface area contributed by atoms with Gasteiger partial charge in [-0.05, 0) is 70.6 Å². The van der Waals surface area contributed by atoms with E-state index in [1.165, 1.54) is 5.69 Å². The Morgan fingerprint density at radius 2 is 1.93 bits per heavy atom. The molecule has 2 aliphatic carbocycles. The molecule has 1 aromatic heterocycles. The number of nitrogens with one attached hydrogen (secondary N) is 2. The summed E-state index contributed by atoms with van der Waals surface area (Å²) < 4.78 is 7.50. The molecule has 2 aliphatic rings. The Morgan fingerprint density at radius 1 is 1.21 bits per heavy atom. The highest BCUT2D eigenvalue weighted by molar-refractivity contribution is 5.75. The molecule has 8 heteroatoms. The zero-order chi connectivity index (χ0) is 20.3. The Morgan fingerprint density at radius 3 is 2.61 bits per heavy atom. The van der Waals surface area contributed by atoms with E-state index in [4.69, 9.17) is 4.74 Å². The lowest BCUT2D eigenvalue weighted by Crippen LogP contribution is -2.27. The third-order valence-electron chi connectivity index (χ3n) is 5.95. The van der Waals surface area contributed by atoms with Gasteiger partial charge in [-0.25, -0.2) is 9.48 Å². The van der Waals surface area contributed by atoms with Crippen LogP contribution in [0.2, 0.25) is 0 Å². The van der Waals surface area contributed by atoms with Crippen molar-refractivity contribution in [2.75, 3.05) is 20.2 Å². The van der Waals surface area contributed by atoms with Gasteiger partial charge in [-0.3, -0.25) is 4.79 Å². The molecule has 8 nitrogen and oxygen atoms in total. The first kappa shape index (κ1) is 20.6. The highest BCUT2D eigenvalue weighted by Gasteiger charge is 2.50. The monoisotopic (exact) mass is 391 g/mol. The van der Waals surface area contributed by atoms with Crippen LogP contribution in [-0.4, -0.2) is 47.2 Å². The lowest BCUT2D eigenvalue weighted by molar-refractivity contribution is -0.120. The molecule has 0 aliphatic heterocycles. The quantitative estimate of drug-likeness (QED) is 0.723. The summed E-state index contributed by atoms with van der Waals surface area (Å²) in [5, 5.41) is 14.1. The normalized spacial score (nSPS) is 23.6. The molecular weight excluding hydrogens is 358 g/mol. The van der Waals surface area contributed by atoms with Crippen molar-refractivity contribution in [2.24, 2.45) is 17.8 Å². The van der Waals surface area contributed by atoms with Gasteiger partial charge in [0.25, 0.3) is 0 Å². The minimum absolute atomic E-state index is 0.0191. The number of alkyl carbamates (subject to hydrolysis) is 1. The van der Waals surface area contributed by atoms with Gasteiger partial charge in [0.1, 0.15) is 0 Å². The van der Waals surface area contributed by atoms with Crippen LogP contribution in [0.4, 0.5) is 4.79 Å². The number of aryl methyl sites for hydroxylation is 1. The second-order valence-electron chi connectivity index (χ2n) is 8.94. The average molecular weight is 392 g/mol. The van der Waals surface area contributed by atoms with E-state index < -0.39 is 0 Å². The number of hydrogen-bond donors (Lipinski definition) is 2. The van der Waals surface area contributed by atoms with Gasteiger partial charge in [0, 0.05) is 20.0 Å². The number of amides is 2. The van der Waals surface area contributed by atoms with Crippen molar-refractivity contribution >= 4 is 12.0 Å². The zero-order valence-electron chi connectivity index (χ0n) is 17.5. The van der Waals surface area contributed by atoms with Gasteiger partial charge in [0.15, 0.2) is 0 Å². The average Bonchev–Trinajstić information content (AvgIpc) is 3.11. The first-order chi connectivity index (χ1) is 13.3. The Bertz CT molecular complexity index is 709. The summed E-state index contributed by atoms with van der Waals surface area (Å²) in [5.74, 6) is 1.68. The number of carbonyl (C=O) groups is 2. The lowest BCUT2D eigenvalue weighted by atomic mass is 10.00. The van der Waals surface area contributed by atoms with Crippen LogP contribution in [0.15, 0.2) is 0 Å². The van der Waals surface area contributed by atoms with Crippen LogP contribution in [0.25, 0.3) is 0 Å². The number of fused-ring (bicyclic) bond motifs is 2. The third-order valence-corrected chi connectivity index (χ3v) is 5.95. The lowest BCUT2D eigenvalue weighted by Gasteiger charge is -2.22. The summed E-state index contributed by atoms with van der Waals surface area (Å²) in [6, 6.07) is 0. The molecule has 2 amide bonds. The molecular formula is C20H33N5O3. The van der Waals surface area contributed by atoms with Crippen molar-refractivity contribution in [3.8, 4) is 0 Å². The van der Waals surface area contributed by atoms with Crippen molar-refractivity contribution in [3.05, 3.63) is 11.4 Å². The number of rotatable bonds is 6. The maximum Gasteiger partial charge on any atom is 0.407 e. The summed E-state index contributed by atoms with van der Waals surface area (Å²) >= 11 is 0. The molecule has 0 saturated heterocycles. The Hall–Kier alpha value is -2.12. The second kappa shape index (κ2) is 8.49. The highest BCUT2D eigenvalue weighted by atomic mass is 16.5. The van der Waals surface area contributed by atoms with Gasteiger partial charge in [-0.2, -0.15) is 0 Å². The fraction of sp³-hybridized carbons (Fsp3) is 0.800. The number of carbonyl (C=O) groups excluding carboxylic acids is 2. The van der Waals surface area contributed by atoms with E-state index in [-0.39, 0.29) is 17.5 Å². The topological polar surface area (TPSA) is 98.1 Å². The molecule has 28 heavy (non-hydrogen) atoms. The number of hydrogen-bond acceptors (Lipinski definition) is 5. The van der Waals surface area contributed by atoms with E-state index in [1.807, 2.05) is 0 Å². The zero-order valence-corrected chi connectivity index (χ0v) is 17.5. The van der Waals surface area contributed by atoms with Crippen molar-refractivity contribution in [2.45, 2.75) is 64.8 Å². The predicted molar refractivity (Wildman–Crippen MR) is 105 cm³/mol. The van der Waals surface area contributed by atoms with Gasteiger partial charge in [0.05, 0.1) is 23.5 Å². The Kier molecular flexibility index (Phi) is 6.25. The van der Waals surface area contributed by atoms with Crippen LogP contribution in [0.1, 0.15) is 57.8 Å². The van der Waals surface area contributed by atoms with E-state index in [2.05, 4.69) is 46.4 Å². The predicted octanol–water partition coefficient (Wildman–Crippen LogP) is 2.03. The molecule has 1 heterocycles. The molecule has 156 valence electrons. The molecule has 1 fully saturated rings. The molecule has 0 aromatic carbocycles. The van der Waals surface area contributed by atoms with Crippen molar-refractivity contribution in [1.29, 1.82) is 0 Å². The van der Waals surface area contributed by atoms with Gasteiger partial charge in [-0.15, -0.1) is 5.10 Å². The van der Waals surface area contributed by atoms with Gasteiger partial charge >= 0.3 is 6.09 Å². The van der Waals surface area contributed by atoms with Gasteiger partial charge < -0.3 is 15.4 Å². The van der Waals surface area contributed by atoms with Crippen LogP contribution >= 0.6 is 0 Å². The number of ether oxygens (including phenoxy) is 1. The van der Waals surface area contributed by atoms with Crippen molar-refractivity contribution in [1.82, 2.24) is 25.6 Å². The molecule has 3 rings (SSSR count). The van der Waals surface area contributed by atoms with Crippen LogP contribution in [-0.2, 0) is 27.9 Å². The summed E-state index contributed by atoms with van der Waals surface area (Å²) in [4.78, 5) is 23.0. The number of nitrogens with zero attached hydrogens (tertiary/aromatic N) is 3. The van der Waals surface area contributed by atoms with E-state index in [0.29, 0.717) is 43.7 Å². The first-order valence-electron chi connectivity index (χ1n) is 10.4. The maximum absolute atomic E-state index is 11.9. The van der Waals surface area contributed by atoms with Crippen molar-refractivity contribution in [3.63, 3.8) is 0 Å². The fourth-order valence-corrected chi connectivity index (χ4v) is 4.34. The minimum atomic E-state index is -0.385. The minimum Gasteiger partial charge on any atom is -0.449 e. The Balaban J connectivity index is 1.42. The highest BCUT2D eigenvalue weighted by Crippen LogP contribution is 2.53. The maximum atomic E-state index is 11.9. The molecule has 3 atom stereocenters. The summed E-state index contributed by atoms with van der Waals surface area (Å²) in [6.07, 6.45) is 4.76. The number of aromatic nitrogens is 3. The van der Waals surface area contributed by atoms with Gasteiger partial charge in [-0.1, -0.05) is 5.21 Å². The SMILES string of the molecule is CNC(=O)CCCNC(=O)OC[C@@H]1[C@@H]2CCc3nnn(C(C)(C)C)c3CC[C@@H]21. The molecule has 2 N–H and O–H groups in total. The molecule has 0 radical (unpaired) electrons. The molecule has 0 bridgehead atoms. The first-order valence-corrected chi connectivity index (χ1v) is 10.4. The van der Waals surface area contributed by atoms with E-state index in [1.54, 1.807) is 7.05 Å². The van der Waals surface area contributed by atoms with Crippen molar-refractivity contribution < 1.29 is 14.3 Å². The summed E-state index contributed by atoms with van der Waals surface area (Å²) in [5.41, 5.74) is 2.35. The summed E-state index contributed by atoms with van der Waals surface area (Å²) in [6.45, 7) is 7.40. The van der Waals surface area contributed by atoms with E-state index in [0.717, 1.165) is 31.4 Å². The Labute approximate surface area is 166 Å². The van der Waals surface area contributed by atoms with E-state index >= 15 is 0 Å². The molecule has 1 aromatic rings. The van der Waals surface area contributed by atoms with E-state index in [9.17, 15) is 9.59 Å². The fourth-order valence-electron chi connectivity index (χ4n) is 4.34. The van der Waals surface area contributed by atoms with Crippen LogP contribution in [0.3, 0.4) is 0 Å². The largest absolute Gasteiger partial charge is 0.449 e.